The fourth-order valence-electron chi connectivity index (χ4n) is 3.09. The van der Waals surface area contributed by atoms with Crippen molar-refractivity contribution < 1.29 is 14.2 Å². The quantitative estimate of drug-likeness (QED) is 0.790. The zero-order chi connectivity index (χ0) is 17.5. The van der Waals surface area contributed by atoms with Crippen molar-refractivity contribution >= 4 is 0 Å². The van der Waals surface area contributed by atoms with Crippen LogP contribution in [0.1, 0.15) is 30.9 Å². The molecular formula is C21H27NO3. The third kappa shape index (κ3) is 4.97. The van der Waals surface area contributed by atoms with Crippen molar-refractivity contribution in [2.24, 2.45) is 0 Å². The smallest absolute Gasteiger partial charge is 0.161 e. The van der Waals surface area contributed by atoms with Crippen LogP contribution in [-0.4, -0.2) is 25.9 Å². The van der Waals surface area contributed by atoms with Crippen molar-refractivity contribution in [2.75, 3.05) is 13.7 Å². The van der Waals surface area contributed by atoms with Gasteiger partial charge in [0, 0.05) is 19.2 Å². The highest BCUT2D eigenvalue weighted by Gasteiger charge is 2.21. The van der Waals surface area contributed by atoms with Gasteiger partial charge in [-0.1, -0.05) is 36.4 Å². The molecule has 0 aromatic heterocycles. The first-order valence-corrected chi connectivity index (χ1v) is 8.95. The molecule has 2 aromatic carbocycles. The fraction of sp³-hybridized carbons (Fsp3) is 0.429. The van der Waals surface area contributed by atoms with Gasteiger partial charge in [-0.2, -0.15) is 0 Å². The first-order chi connectivity index (χ1) is 12.3. The van der Waals surface area contributed by atoms with E-state index in [9.17, 15) is 0 Å². The Morgan fingerprint density at radius 2 is 1.96 bits per heavy atom. The molecule has 0 amide bonds. The maximum Gasteiger partial charge on any atom is 0.161 e. The molecule has 1 heterocycles. The monoisotopic (exact) mass is 341 g/mol. The van der Waals surface area contributed by atoms with E-state index in [1.54, 1.807) is 7.11 Å². The molecular weight excluding hydrogens is 314 g/mol. The van der Waals surface area contributed by atoms with Crippen LogP contribution in [0.15, 0.2) is 48.5 Å². The molecule has 0 bridgehead atoms. The Labute approximate surface area is 150 Å². The molecule has 2 aromatic rings. The summed E-state index contributed by atoms with van der Waals surface area (Å²) in [6.45, 7) is 4.39. The molecule has 2 unspecified atom stereocenters. The van der Waals surface area contributed by atoms with Crippen LogP contribution in [0.2, 0.25) is 0 Å². The predicted molar refractivity (Wildman–Crippen MR) is 99.0 cm³/mol. The standard InChI is InChI=1S/C21H27NO3/c1-16(19-9-6-12-24-19)22-14-18-10-11-20(23-2)21(13-18)25-15-17-7-4-3-5-8-17/h3-5,7-8,10-11,13,16,19,22H,6,9,12,14-15H2,1-2H3. The summed E-state index contributed by atoms with van der Waals surface area (Å²) in [6, 6.07) is 16.6. The van der Waals surface area contributed by atoms with E-state index < -0.39 is 0 Å². The number of methoxy groups -OCH3 is 1. The second-order valence-corrected chi connectivity index (χ2v) is 6.48. The molecule has 1 saturated heterocycles. The first-order valence-electron chi connectivity index (χ1n) is 8.95. The van der Waals surface area contributed by atoms with Gasteiger partial charge >= 0.3 is 0 Å². The Morgan fingerprint density at radius 1 is 1.12 bits per heavy atom. The van der Waals surface area contributed by atoms with Gasteiger partial charge in [0.15, 0.2) is 11.5 Å². The fourth-order valence-corrected chi connectivity index (χ4v) is 3.09. The molecule has 1 fully saturated rings. The molecule has 3 rings (SSSR count). The van der Waals surface area contributed by atoms with Crippen molar-refractivity contribution in [1.29, 1.82) is 0 Å². The molecule has 0 spiro atoms. The van der Waals surface area contributed by atoms with E-state index in [-0.39, 0.29) is 0 Å². The van der Waals surface area contributed by atoms with Crippen LogP contribution in [0.5, 0.6) is 11.5 Å². The first kappa shape index (κ1) is 17.8. The summed E-state index contributed by atoms with van der Waals surface area (Å²) in [5.41, 5.74) is 2.31. The lowest BCUT2D eigenvalue weighted by atomic mass is 10.1. The largest absolute Gasteiger partial charge is 0.493 e. The van der Waals surface area contributed by atoms with E-state index in [0.29, 0.717) is 18.8 Å². The van der Waals surface area contributed by atoms with Crippen LogP contribution in [0, 0.1) is 0 Å². The third-order valence-corrected chi connectivity index (χ3v) is 4.62. The molecule has 1 aliphatic heterocycles. The van der Waals surface area contributed by atoms with E-state index in [1.807, 2.05) is 24.3 Å². The van der Waals surface area contributed by atoms with E-state index in [4.69, 9.17) is 14.2 Å². The lowest BCUT2D eigenvalue weighted by molar-refractivity contribution is 0.0832. The summed E-state index contributed by atoms with van der Waals surface area (Å²) in [4.78, 5) is 0. The van der Waals surface area contributed by atoms with Crippen LogP contribution in [0.3, 0.4) is 0 Å². The van der Waals surface area contributed by atoms with Crippen molar-refractivity contribution in [3.8, 4) is 11.5 Å². The highest BCUT2D eigenvalue weighted by atomic mass is 16.5. The van der Waals surface area contributed by atoms with E-state index in [1.165, 1.54) is 5.56 Å². The molecule has 134 valence electrons. The minimum atomic E-state index is 0.326. The number of ether oxygens (including phenoxy) is 3. The summed E-state index contributed by atoms with van der Waals surface area (Å²) in [6.07, 6.45) is 2.63. The van der Waals surface area contributed by atoms with Crippen LogP contribution in [0.25, 0.3) is 0 Å². The van der Waals surface area contributed by atoms with Gasteiger partial charge in [-0.05, 0) is 43.0 Å². The number of benzene rings is 2. The SMILES string of the molecule is COc1ccc(CNC(C)C2CCCO2)cc1OCc1ccccc1. The molecule has 0 aliphatic carbocycles. The van der Waals surface area contributed by atoms with Gasteiger partial charge in [-0.25, -0.2) is 0 Å². The molecule has 1 aliphatic rings. The average molecular weight is 341 g/mol. The Bertz CT molecular complexity index is 653. The molecule has 2 atom stereocenters. The topological polar surface area (TPSA) is 39.7 Å². The van der Waals surface area contributed by atoms with E-state index in [0.717, 1.165) is 43.1 Å². The number of hydrogen-bond acceptors (Lipinski definition) is 4. The van der Waals surface area contributed by atoms with Gasteiger partial charge in [-0.15, -0.1) is 0 Å². The van der Waals surface area contributed by atoms with Crippen molar-refractivity contribution in [2.45, 2.75) is 45.1 Å². The number of hydrogen-bond donors (Lipinski definition) is 1. The summed E-state index contributed by atoms with van der Waals surface area (Å²) < 4.78 is 17.2. The normalized spacial score (nSPS) is 18.1. The third-order valence-electron chi connectivity index (χ3n) is 4.62. The summed E-state index contributed by atoms with van der Waals surface area (Å²) in [5.74, 6) is 1.53. The second kappa shape index (κ2) is 8.88. The van der Waals surface area contributed by atoms with Gasteiger partial charge in [0.1, 0.15) is 6.61 Å². The maximum absolute atomic E-state index is 5.98. The molecule has 4 nitrogen and oxygen atoms in total. The zero-order valence-corrected chi connectivity index (χ0v) is 15.0. The lowest BCUT2D eigenvalue weighted by Crippen LogP contribution is -2.36. The minimum Gasteiger partial charge on any atom is -0.493 e. The van der Waals surface area contributed by atoms with Gasteiger partial charge in [-0.3, -0.25) is 0 Å². The van der Waals surface area contributed by atoms with Crippen molar-refractivity contribution in [1.82, 2.24) is 5.32 Å². The highest BCUT2D eigenvalue weighted by molar-refractivity contribution is 5.43. The maximum atomic E-state index is 5.98. The second-order valence-electron chi connectivity index (χ2n) is 6.48. The number of nitrogens with one attached hydrogen (secondary N) is 1. The Kier molecular flexibility index (Phi) is 6.31. The van der Waals surface area contributed by atoms with E-state index in [2.05, 4.69) is 36.5 Å². The predicted octanol–water partition coefficient (Wildman–Crippen LogP) is 3.93. The van der Waals surface area contributed by atoms with Crippen LogP contribution >= 0.6 is 0 Å². The Hall–Kier alpha value is -2.04. The van der Waals surface area contributed by atoms with Crippen LogP contribution < -0.4 is 14.8 Å². The minimum absolute atomic E-state index is 0.326. The highest BCUT2D eigenvalue weighted by Crippen LogP contribution is 2.29. The molecule has 25 heavy (non-hydrogen) atoms. The number of rotatable bonds is 8. The zero-order valence-electron chi connectivity index (χ0n) is 15.0. The van der Waals surface area contributed by atoms with Crippen molar-refractivity contribution in [3.05, 3.63) is 59.7 Å². The van der Waals surface area contributed by atoms with Crippen LogP contribution in [-0.2, 0) is 17.9 Å². The Morgan fingerprint density at radius 3 is 2.68 bits per heavy atom. The summed E-state index contributed by atoms with van der Waals surface area (Å²) >= 11 is 0. The van der Waals surface area contributed by atoms with Crippen LogP contribution in [0.4, 0.5) is 0 Å². The van der Waals surface area contributed by atoms with Crippen molar-refractivity contribution in [3.63, 3.8) is 0 Å². The summed E-state index contributed by atoms with van der Waals surface area (Å²) in [7, 11) is 1.67. The van der Waals surface area contributed by atoms with E-state index >= 15 is 0 Å². The average Bonchev–Trinajstić information content (AvgIpc) is 3.20. The summed E-state index contributed by atoms with van der Waals surface area (Å²) in [5, 5.41) is 3.56. The molecule has 4 heteroatoms. The Balaban J connectivity index is 1.60. The van der Waals surface area contributed by atoms with Gasteiger partial charge < -0.3 is 19.5 Å². The lowest BCUT2D eigenvalue weighted by Gasteiger charge is -2.20. The molecule has 0 radical (unpaired) electrons. The molecule has 1 N–H and O–H groups in total. The van der Waals surface area contributed by atoms with Gasteiger partial charge in [0.05, 0.1) is 13.2 Å². The van der Waals surface area contributed by atoms with Gasteiger partial charge in [0.2, 0.25) is 0 Å². The molecule has 0 saturated carbocycles. The van der Waals surface area contributed by atoms with Gasteiger partial charge in [0.25, 0.3) is 0 Å².